The van der Waals surface area contributed by atoms with E-state index in [1.807, 2.05) is 24.6 Å². The summed E-state index contributed by atoms with van der Waals surface area (Å²) < 4.78 is 9.02. The number of hydrogen-bond acceptors (Lipinski definition) is 7. The molecule has 0 amide bonds. The van der Waals surface area contributed by atoms with E-state index in [2.05, 4.69) is 20.4 Å². The highest BCUT2D eigenvalue weighted by Gasteiger charge is 2.22. The van der Waals surface area contributed by atoms with E-state index in [0.29, 0.717) is 36.1 Å². The maximum absolute atomic E-state index is 11.1. The zero-order chi connectivity index (χ0) is 18.1. The normalized spacial score (nSPS) is 11.2. The van der Waals surface area contributed by atoms with Crippen molar-refractivity contribution >= 4 is 5.69 Å². The molecule has 25 heavy (non-hydrogen) atoms. The van der Waals surface area contributed by atoms with Gasteiger partial charge >= 0.3 is 5.69 Å². The maximum Gasteiger partial charge on any atom is 0.312 e. The Morgan fingerprint density at radius 2 is 1.84 bits per heavy atom. The molecule has 0 aliphatic rings. The van der Waals surface area contributed by atoms with Crippen molar-refractivity contribution in [2.75, 3.05) is 0 Å². The van der Waals surface area contributed by atoms with Crippen LogP contribution in [0.2, 0.25) is 0 Å². The van der Waals surface area contributed by atoms with E-state index in [1.54, 1.807) is 13.8 Å². The second-order valence-electron chi connectivity index (χ2n) is 5.92. The summed E-state index contributed by atoms with van der Waals surface area (Å²) in [5.74, 6) is 0.863. The molecule has 0 unspecified atom stereocenters. The Morgan fingerprint density at radius 3 is 2.44 bits per heavy atom. The SMILES string of the molecule is Cc1cc(C)n(CCc2nnc(Cn3nc(C)c([N+](=O)[O-])c3C)o2)n1. The van der Waals surface area contributed by atoms with Gasteiger partial charge < -0.3 is 4.42 Å². The van der Waals surface area contributed by atoms with Gasteiger partial charge in [-0.1, -0.05) is 0 Å². The van der Waals surface area contributed by atoms with Gasteiger partial charge in [0.2, 0.25) is 11.8 Å². The van der Waals surface area contributed by atoms with Crippen LogP contribution in [-0.2, 0) is 19.5 Å². The van der Waals surface area contributed by atoms with Crippen LogP contribution < -0.4 is 0 Å². The molecule has 0 aliphatic carbocycles. The van der Waals surface area contributed by atoms with Crippen LogP contribution in [0.15, 0.2) is 10.5 Å². The number of nitro groups is 1. The molecule has 3 rings (SSSR count). The Kier molecular flexibility index (Phi) is 4.34. The third-order valence-electron chi connectivity index (χ3n) is 3.96. The highest BCUT2D eigenvalue weighted by Crippen LogP contribution is 2.22. The van der Waals surface area contributed by atoms with Crippen LogP contribution in [0, 0.1) is 37.8 Å². The van der Waals surface area contributed by atoms with E-state index in [1.165, 1.54) is 4.68 Å². The predicted molar refractivity (Wildman–Crippen MR) is 87.2 cm³/mol. The molecule has 0 spiro atoms. The van der Waals surface area contributed by atoms with Crippen LogP contribution in [0.3, 0.4) is 0 Å². The van der Waals surface area contributed by atoms with Gasteiger partial charge in [0.25, 0.3) is 0 Å². The Labute approximate surface area is 143 Å². The first-order valence-corrected chi connectivity index (χ1v) is 7.86. The molecule has 3 aromatic heterocycles. The van der Waals surface area contributed by atoms with E-state index >= 15 is 0 Å². The smallest absolute Gasteiger partial charge is 0.312 e. The quantitative estimate of drug-likeness (QED) is 0.494. The molecule has 0 radical (unpaired) electrons. The lowest BCUT2D eigenvalue weighted by Crippen LogP contribution is -2.05. The summed E-state index contributed by atoms with van der Waals surface area (Å²) in [7, 11) is 0. The summed E-state index contributed by atoms with van der Waals surface area (Å²) in [5, 5.41) is 27.6. The van der Waals surface area contributed by atoms with Crippen molar-refractivity contribution in [3.8, 4) is 0 Å². The zero-order valence-corrected chi connectivity index (χ0v) is 14.6. The number of nitrogens with zero attached hydrogens (tertiary/aromatic N) is 7. The number of aromatic nitrogens is 6. The van der Waals surface area contributed by atoms with Crippen LogP contribution in [0.5, 0.6) is 0 Å². The summed E-state index contributed by atoms with van der Waals surface area (Å²) in [6, 6.07) is 2.01. The molecule has 0 bridgehead atoms. The van der Waals surface area contributed by atoms with Crippen LogP contribution in [0.4, 0.5) is 5.69 Å². The summed E-state index contributed by atoms with van der Waals surface area (Å²) >= 11 is 0. The highest BCUT2D eigenvalue weighted by molar-refractivity contribution is 5.39. The van der Waals surface area contributed by atoms with E-state index in [-0.39, 0.29) is 12.2 Å². The average Bonchev–Trinajstić information content (AvgIpc) is 3.17. The molecule has 0 N–H and O–H groups in total. The second-order valence-corrected chi connectivity index (χ2v) is 5.92. The molecule has 10 heteroatoms. The lowest BCUT2D eigenvalue weighted by Gasteiger charge is -2.01. The van der Waals surface area contributed by atoms with Gasteiger partial charge in [-0.25, -0.2) is 0 Å². The van der Waals surface area contributed by atoms with E-state index < -0.39 is 4.92 Å². The predicted octanol–water partition coefficient (Wildman–Crippen LogP) is 1.90. The Hall–Kier alpha value is -3.04. The van der Waals surface area contributed by atoms with Gasteiger partial charge in [-0.05, 0) is 33.8 Å². The third kappa shape index (κ3) is 3.42. The van der Waals surface area contributed by atoms with Gasteiger partial charge in [0.1, 0.15) is 17.9 Å². The standard InChI is InChI=1S/C15H19N7O3/c1-9-7-10(2)20(18-9)6-5-13-16-17-14(25-13)8-21-12(4)15(22(23)24)11(3)19-21/h7H,5-6,8H2,1-4H3. The van der Waals surface area contributed by atoms with Gasteiger partial charge in [-0.3, -0.25) is 19.5 Å². The summed E-state index contributed by atoms with van der Waals surface area (Å²) in [4.78, 5) is 10.6. The molecule has 10 nitrogen and oxygen atoms in total. The molecular formula is C15H19N7O3. The van der Waals surface area contributed by atoms with Crippen molar-refractivity contribution < 1.29 is 9.34 Å². The van der Waals surface area contributed by atoms with Crippen molar-refractivity contribution in [3.05, 3.63) is 50.7 Å². The fourth-order valence-electron chi connectivity index (χ4n) is 2.79. The number of aryl methyl sites for hydroxylation is 5. The van der Waals surface area contributed by atoms with Crippen LogP contribution in [0.1, 0.15) is 34.6 Å². The first kappa shape index (κ1) is 16.8. The molecular weight excluding hydrogens is 326 g/mol. The Balaban J connectivity index is 1.69. The largest absolute Gasteiger partial charge is 0.423 e. The van der Waals surface area contributed by atoms with Gasteiger partial charge in [-0.2, -0.15) is 10.2 Å². The van der Waals surface area contributed by atoms with Crippen molar-refractivity contribution in [2.24, 2.45) is 0 Å². The topological polar surface area (TPSA) is 118 Å². The van der Waals surface area contributed by atoms with Crippen molar-refractivity contribution in [2.45, 2.75) is 47.2 Å². The third-order valence-corrected chi connectivity index (χ3v) is 3.96. The van der Waals surface area contributed by atoms with Gasteiger partial charge in [-0.15, -0.1) is 10.2 Å². The van der Waals surface area contributed by atoms with Gasteiger partial charge in [0.05, 0.1) is 10.6 Å². The van der Waals surface area contributed by atoms with Crippen LogP contribution in [0.25, 0.3) is 0 Å². The fourth-order valence-corrected chi connectivity index (χ4v) is 2.79. The number of hydrogen-bond donors (Lipinski definition) is 0. The zero-order valence-electron chi connectivity index (χ0n) is 14.6. The van der Waals surface area contributed by atoms with Crippen molar-refractivity contribution in [3.63, 3.8) is 0 Å². The first-order valence-electron chi connectivity index (χ1n) is 7.86. The molecule has 0 saturated heterocycles. The van der Waals surface area contributed by atoms with Gasteiger partial charge in [0.15, 0.2) is 0 Å². The van der Waals surface area contributed by atoms with Crippen LogP contribution >= 0.6 is 0 Å². The molecule has 0 aliphatic heterocycles. The molecule has 132 valence electrons. The maximum atomic E-state index is 11.1. The van der Waals surface area contributed by atoms with Crippen molar-refractivity contribution in [1.29, 1.82) is 0 Å². The molecule has 3 heterocycles. The Bertz CT molecular complexity index is 922. The van der Waals surface area contributed by atoms with Gasteiger partial charge in [0, 0.05) is 18.7 Å². The molecule has 0 aromatic carbocycles. The summed E-state index contributed by atoms with van der Waals surface area (Å²) in [6.07, 6.45) is 0.562. The minimum absolute atomic E-state index is 0.0178. The minimum Gasteiger partial charge on any atom is -0.423 e. The first-order chi connectivity index (χ1) is 11.8. The van der Waals surface area contributed by atoms with Crippen molar-refractivity contribution in [1.82, 2.24) is 29.8 Å². The number of rotatable bonds is 6. The lowest BCUT2D eigenvalue weighted by molar-refractivity contribution is -0.386. The lowest BCUT2D eigenvalue weighted by atomic mass is 10.3. The average molecular weight is 345 g/mol. The molecule has 0 atom stereocenters. The summed E-state index contributed by atoms with van der Waals surface area (Å²) in [5.41, 5.74) is 2.89. The molecule has 0 fully saturated rings. The van der Waals surface area contributed by atoms with E-state index in [4.69, 9.17) is 4.42 Å². The summed E-state index contributed by atoms with van der Waals surface area (Å²) in [6.45, 7) is 8.05. The van der Waals surface area contributed by atoms with E-state index in [9.17, 15) is 10.1 Å². The molecule has 0 saturated carbocycles. The fraction of sp³-hybridized carbons (Fsp3) is 0.467. The van der Waals surface area contributed by atoms with E-state index in [0.717, 1.165) is 11.4 Å². The highest BCUT2D eigenvalue weighted by atomic mass is 16.6. The van der Waals surface area contributed by atoms with Crippen LogP contribution in [-0.4, -0.2) is 34.7 Å². The minimum atomic E-state index is -0.429. The molecule has 3 aromatic rings. The Morgan fingerprint density at radius 1 is 1.12 bits per heavy atom. The monoisotopic (exact) mass is 345 g/mol. The second kappa shape index (κ2) is 6.46.